The first-order valence-electron chi connectivity index (χ1n) is 6.59. The quantitative estimate of drug-likeness (QED) is 0.758. The van der Waals surface area contributed by atoms with Crippen LogP contribution in [-0.2, 0) is 6.54 Å². The van der Waals surface area contributed by atoms with Crippen molar-refractivity contribution in [3.05, 3.63) is 64.0 Å². The highest BCUT2D eigenvalue weighted by molar-refractivity contribution is 5.96. The summed E-state index contributed by atoms with van der Waals surface area (Å²) in [5.41, 5.74) is 0.152. The first-order chi connectivity index (χ1) is 10.6. The van der Waals surface area contributed by atoms with Crippen LogP contribution in [0.4, 0.5) is 0 Å². The number of aromatic nitrogens is 2. The average Bonchev–Trinajstić information content (AvgIpc) is 2.98. The maximum atomic E-state index is 12.3. The minimum absolute atomic E-state index is 0.112. The summed E-state index contributed by atoms with van der Waals surface area (Å²) in [6.45, 7) is 1.95. The molecular formula is C15H13N3O4. The molecule has 3 rings (SSSR count). The molecule has 112 valence electrons. The van der Waals surface area contributed by atoms with E-state index in [1.165, 1.54) is 16.9 Å². The number of nitrogens with zero attached hydrogens (tertiary/aromatic N) is 2. The SMILES string of the molecule is Cc1ccn2c(=O)c(C(=O)NCc3ccco3)c(O)nc2c1. The van der Waals surface area contributed by atoms with Crippen LogP contribution in [0.2, 0.25) is 0 Å². The number of fused-ring (bicyclic) bond motifs is 1. The molecule has 0 saturated carbocycles. The van der Waals surface area contributed by atoms with E-state index in [0.29, 0.717) is 5.76 Å². The molecule has 0 unspecified atom stereocenters. The van der Waals surface area contributed by atoms with Crippen molar-refractivity contribution in [3.63, 3.8) is 0 Å². The summed E-state index contributed by atoms with van der Waals surface area (Å²) in [5.74, 6) is -0.758. The molecule has 3 aromatic rings. The van der Waals surface area contributed by atoms with Gasteiger partial charge in [-0.2, -0.15) is 4.98 Å². The highest BCUT2D eigenvalue weighted by Gasteiger charge is 2.19. The predicted octanol–water partition coefficient (Wildman–Crippen LogP) is 1.23. The summed E-state index contributed by atoms with van der Waals surface area (Å²) in [5, 5.41) is 12.4. The Bertz CT molecular complexity index is 897. The predicted molar refractivity (Wildman–Crippen MR) is 77.7 cm³/mol. The number of carbonyl (C=O) groups is 1. The topological polar surface area (TPSA) is 96.8 Å². The van der Waals surface area contributed by atoms with E-state index in [2.05, 4.69) is 10.3 Å². The molecular weight excluding hydrogens is 286 g/mol. The van der Waals surface area contributed by atoms with Crippen molar-refractivity contribution in [2.24, 2.45) is 0 Å². The van der Waals surface area contributed by atoms with E-state index in [-0.39, 0.29) is 12.2 Å². The number of amides is 1. The number of aryl methyl sites for hydroxylation is 1. The Hall–Kier alpha value is -3.09. The van der Waals surface area contributed by atoms with Crippen molar-refractivity contribution in [2.45, 2.75) is 13.5 Å². The third-order valence-electron chi connectivity index (χ3n) is 3.20. The molecule has 0 saturated heterocycles. The highest BCUT2D eigenvalue weighted by atomic mass is 16.3. The average molecular weight is 299 g/mol. The third kappa shape index (κ3) is 2.44. The second-order valence-electron chi connectivity index (χ2n) is 4.81. The van der Waals surface area contributed by atoms with E-state index in [0.717, 1.165) is 5.56 Å². The lowest BCUT2D eigenvalue weighted by Gasteiger charge is -2.07. The van der Waals surface area contributed by atoms with Crippen LogP contribution in [0.5, 0.6) is 5.88 Å². The lowest BCUT2D eigenvalue weighted by atomic mass is 10.2. The van der Waals surface area contributed by atoms with E-state index in [4.69, 9.17) is 4.42 Å². The van der Waals surface area contributed by atoms with Gasteiger partial charge >= 0.3 is 0 Å². The summed E-state index contributed by atoms with van der Waals surface area (Å²) in [7, 11) is 0. The fraction of sp³-hybridized carbons (Fsp3) is 0.133. The number of hydrogen-bond acceptors (Lipinski definition) is 5. The van der Waals surface area contributed by atoms with Gasteiger partial charge in [0.1, 0.15) is 11.4 Å². The van der Waals surface area contributed by atoms with Gasteiger partial charge in [-0.15, -0.1) is 0 Å². The minimum Gasteiger partial charge on any atom is -0.493 e. The maximum absolute atomic E-state index is 12.3. The van der Waals surface area contributed by atoms with E-state index in [9.17, 15) is 14.7 Å². The van der Waals surface area contributed by atoms with Crippen LogP contribution in [0.15, 0.2) is 45.9 Å². The molecule has 1 amide bonds. The van der Waals surface area contributed by atoms with Gasteiger partial charge in [-0.1, -0.05) is 0 Å². The van der Waals surface area contributed by atoms with Gasteiger partial charge in [0, 0.05) is 6.20 Å². The van der Waals surface area contributed by atoms with Crippen LogP contribution in [0.25, 0.3) is 5.65 Å². The third-order valence-corrected chi connectivity index (χ3v) is 3.20. The summed E-state index contributed by atoms with van der Waals surface area (Å²) in [6.07, 6.45) is 3.00. The van der Waals surface area contributed by atoms with Crippen molar-refractivity contribution in [3.8, 4) is 5.88 Å². The normalized spacial score (nSPS) is 10.8. The van der Waals surface area contributed by atoms with Gasteiger partial charge in [-0.3, -0.25) is 14.0 Å². The molecule has 2 N–H and O–H groups in total. The molecule has 0 radical (unpaired) electrons. The van der Waals surface area contributed by atoms with Crippen molar-refractivity contribution in [1.82, 2.24) is 14.7 Å². The zero-order chi connectivity index (χ0) is 15.7. The van der Waals surface area contributed by atoms with Crippen LogP contribution < -0.4 is 10.9 Å². The summed E-state index contributed by atoms with van der Waals surface area (Å²) >= 11 is 0. The molecule has 22 heavy (non-hydrogen) atoms. The van der Waals surface area contributed by atoms with Crippen LogP contribution in [0.3, 0.4) is 0 Å². The zero-order valence-electron chi connectivity index (χ0n) is 11.7. The second kappa shape index (κ2) is 5.36. The molecule has 0 atom stereocenters. The van der Waals surface area contributed by atoms with Gasteiger partial charge < -0.3 is 14.8 Å². The lowest BCUT2D eigenvalue weighted by molar-refractivity contribution is 0.0943. The number of carbonyl (C=O) groups excluding carboxylic acids is 1. The summed E-state index contributed by atoms with van der Waals surface area (Å²) < 4.78 is 6.30. The molecule has 0 aromatic carbocycles. The van der Waals surface area contributed by atoms with Crippen LogP contribution in [-0.4, -0.2) is 20.4 Å². The van der Waals surface area contributed by atoms with Gasteiger partial charge in [0.2, 0.25) is 5.88 Å². The largest absolute Gasteiger partial charge is 0.493 e. The number of nitrogens with one attached hydrogen (secondary N) is 1. The van der Waals surface area contributed by atoms with Gasteiger partial charge in [0.25, 0.3) is 11.5 Å². The van der Waals surface area contributed by atoms with Crippen molar-refractivity contribution < 1.29 is 14.3 Å². The smallest absolute Gasteiger partial charge is 0.274 e. The molecule has 0 aliphatic heterocycles. The Kier molecular flexibility index (Phi) is 3.38. The molecule has 3 heterocycles. The standard InChI is InChI=1S/C15H13N3O4/c1-9-4-5-18-11(7-9)17-14(20)12(15(18)21)13(19)16-8-10-3-2-6-22-10/h2-7,20H,8H2,1H3,(H,16,19). The van der Waals surface area contributed by atoms with Crippen molar-refractivity contribution in [2.75, 3.05) is 0 Å². The number of hydrogen-bond donors (Lipinski definition) is 2. The molecule has 0 bridgehead atoms. The summed E-state index contributed by atoms with van der Waals surface area (Å²) in [6, 6.07) is 6.74. The molecule has 0 spiro atoms. The van der Waals surface area contributed by atoms with Crippen molar-refractivity contribution in [1.29, 1.82) is 0 Å². The van der Waals surface area contributed by atoms with Gasteiger partial charge in [-0.25, -0.2) is 0 Å². The van der Waals surface area contributed by atoms with Crippen LogP contribution in [0, 0.1) is 6.92 Å². The lowest BCUT2D eigenvalue weighted by Crippen LogP contribution is -2.31. The fourth-order valence-electron chi connectivity index (χ4n) is 2.10. The Morgan fingerprint density at radius 3 is 3.00 bits per heavy atom. The van der Waals surface area contributed by atoms with E-state index < -0.39 is 22.9 Å². The van der Waals surface area contributed by atoms with E-state index in [1.807, 2.05) is 6.92 Å². The molecule has 0 aliphatic rings. The molecule has 7 heteroatoms. The van der Waals surface area contributed by atoms with Gasteiger partial charge in [0.15, 0.2) is 5.56 Å². The Labute approximate surface area is 124 Å². The molecule has 0 fully saturated rings. The number of aromatic hydroxyl groups is 1. The van der Waals surface area contributed by atoms with Gasteiger partial charge in [-0.05, 0) is 36.8 Å². The highest BCUT2D eigenvalue weighted by Crippen LogP contribution is 2.12. The molecule has 7 nitrogen and oxygen atoms in total. The Morgan fingerprint density at radius 2 is 2.27 bits per heavy atom. The van der Waals surface area contributed by atoms with Crippen molar-refractivity contribution >= 4 is 11.6 Å². The Balaban J connectivity index is 1.97. The molecule has 3 aromatic heterocycles. The number of pyridine rings is 1. The summed E-state index contributed by atoms with van der Waals surface area (Å²) in [4.78, 5) is 28.4. The van der Waals surface area contributed by atoms with E-state index in [1.54, 1.807) is 24.3 Å². The monoisotopic (exact) mass is 299 g/mol. The fourth-order valence-corrected chi connectivity index (χ4v) is 2.10. The second-order valence-corrected chi connectivity index (χ2v) is 4.81. The van der Waals surface area contributed by atoms with Crippen LogP contribution in [0.1, 0.15) is 21.7 Å². The first kappa shape index (κ1) is 13.9. The zero-order valence-corrected chi connectivity index (χ0v) is 11.7. The number of furan rings is 1. The van der Waals surface area contributed by atoms with Crippen LogP contribution >= 0.6 is 0 Å². The minimum atomic E-state index is -0.707. The molecule has 0 aliphatic carbocycles. The van der Waals surface area contributed by atoms with Gasteiger partial charge in [0.05, 0.1) is 12.8 Å². The maximum Gasteiger partial charge on any atom is 0.274 e. The first-order valence-corrected chi connectivity index (χ1v) is 6.59. The number of rotatable bonds is 3. The Morgan fingerprint density at radius 1 is 1.45 bits per heavy atom. The van der Waals surface area contributed by atoms with E-state index >= 15 is 0 Å².